The molecule has 0 saturated carbocycles. The quantitative estimate of drug-likeness (QED) is 0.511. The van der Waals surface area contributed by atoms with Crippen molar-refractivity contribution in [3.63, 3.8) is 0 Å². The molecule has 0 bridgehead atoms. The van der Waals surface area contributed by atoms with Crippen molar-refractivity contribution in [3.05, 3.63) is 36.4 Å². The molecule has 21 heavy (non-hydrogen) atoms. The summed E-state index contributed by atoms with van der Waals surface area (Å²) in [5.74, 6) is 0. The van der Waals surface area contributed by atoms with Crippen molar-refractivity contribution in [1.82, 2.24) is 9.80 Å². The minimum Gasteiger partial charge on any atom is -0.289 e. The van der Waals surface area contributed by atoms with Crippen LogP contribution >= 0.6 is 0 Å². The highest BCUT2D eigenvalue weighted by atomic mass is 28.2. The van der Waals surface area contributed by atoms with Gasteiger partial charge >= 0.3 is 0 Å². The maximum Gasteiger partial charge on any atom is 0.128 e. The van der Waals surface area contributed by atoms with E-state index in [9.17, 15) is 0 Å². The summed E-state index contributed by atoms with van der Waals surface area (Å²) in [6.07, 6.45) is 1.98. The van der Waals surface area contributed by atoms with Crippen molar-refractivity contribution in [2.24, 2.45) is 0 Å². The molecular weight excluding hydrogens is 272 g/mol. The molecule has 1 rings (SSSR count). The van der Waals surface area contributed by atoms with E-state index in [2.05, 4.69) is 75.3 Å². The van der Waals surface area contributed by atoms with Gasteiger partial charge in [0, 0.05) is 0 Å². The average molecular weight is 303 g/mol. The SMILES string of the molecule is C=Cc1ccccc1[Si]C(C)(N(CC)CC)N(CC)CC. The van der Waals surface area contributed by atoms with Gasteiger partial charge in [-0.05, 0) is 38.7 Å². The van der Waals surface area contributed by atoms with Gasteiger partial charge in [0.25, 0.3) is 0 Å². The van der Waals surface area contributed by atoms with Gasteiger partial charge in [-0.3, -0.25) is 9.80 Å². The molecule has 0 saturated heterocycles. The molecule has 3 heteroatoms. The number of nitrogens with zero attached hydrogens (tertiary/aromatic N) is 2. The molecule has 1 aromatic carbocycles. The van der Waals surface area contributed by atoms with Gasteiger partial charge < -0.3 is 0 Å². The van der Waals surface area contributed by atoms with Crippen LogP contribution in [0.25, 0.3) is 6.08 Å². The van der Waals surface area contributed by atoms with Crippen LogP contribution in [0.1, 0.15) is 40.2 Å². The highest BCUT2D eigenvalue weighted by Crippen LogP contribution is 2.19. The van der Waals surface area contributed by atoms with Gasteiger partial charge in [0.1, 0.15) is 9.52 Å². The second kappa shape index (κ2) is 8.52. The lowest BCUT2D eigenvalue weighted by Gasteiger charge is -2.48. The van der Waals surface area contributed by atoms with Crippen molar-refractivity contribution in [2.75, 3.05) is 26.2 Å². The monoisotopic (exact) mass is 302 g/mol. The topological polar surface area (TPSA) is 6.48 Å². The molecule has 1 aromatic rings. The Balaban J connectivity index is 3.21. The summed E-state index contributed by atoms with van der Waals surface area (Å²) < 4.78 is 0. The lowest BCUT2D eigenvalue weighted by Crippen LogP contribution is -2.64. The fourth-order valence-corrected chi connectivity index (χ4v) is 5.05. The van der Waals surface area contributed by atoms with Crippen LogP contribution in [0.4, 0.5) is 0 Å². The minimum atomic E-state index is 0.0755. The van der Waals surface area contributed by atoms with Crippen LogP contribution in [-0.2, 0) is 0 Å². The first-order valence-electron chi connectivity index (χ1n) is 8.06. The standard InChI is InChI=1S/C18H30N2Si/c1-7-16-14-12-13-15-17(16)21-18(6,19(8-2)9-3)20(10-4)11-5/h7,12-15H,1,8-11H2,2-6H3. The van der Waals surface area contributed by atoms with Crippen LogP contribution in [0.2, 0.25) is 0 Å². The van der Waals surface area contributed by atoms with Crippen LogP contribution < -0.4 is 5.19 Å². The first-order chi connectivity index (χ1) is 10.1. The zero-order valence-electron chi connectivity index (χ0n) is 14.3. The Bertz CT molecular complexity index is 425. The number of benzene rings is 1. The van der Waals surface area contributed by atoms with E-state index in [0.717, 1.165) is 35.7 Å². The van der Waals surface area contributed by atoms with Crippen molar-refractivity contribution in [2.45, 2.75) is 39.9 Å². The van der Waals surface area contributed by atoms with Crippen LogP contribution in [0.3, 0.4) is 0 Å². The molecule has 0 aliphatic carbocycles. The summed E-state index contributed by atoms with van der Waals surface area (Å²) in [6, 6.07) is 8.65. The Hall–Kier alpha value is -0.903. The number of hydrogen-bond acceptors (Lipinski definition) is 2. The molecule has 0 unspecified atom stereocenters. The number of rotatable bonds is 9. The van der Waals surface area contributed by atoms with Crippen LogP contribution in [0.15, 0.2) is 30.8 Å². The fraction of sp³-hybridized carbons (Fsp3) is 0.556. The molecule has 0 spiro atoms. The molecule has 0 atom stereocenters. The second-order valence-corrected chi connectivity index (χ2v) is 7.02. The van der Waals surface area contributed by atoms with Gasteiger partial charge in [0.05, 0.1) is 5.29 Å². The predicted octanol–water partition coefficient (Wildman–Crippen LogP) is 3.02. The Morgan fingerprint density at radius 3 is 1.90 bits per heavy atom. The highest BCUT2D eigenvalue weighted by molar-refractivity contribution is 6.57. The zero-order valence-corrected chi connectivity index (χ0v) is 15.3. The Morgan fingerprint density at radius 1 is 1.00 bits per heavy atom. The third kappa shape index (κ3) is 4.06. The van der Waals surface area contributed by atoms with E-state index in [1.54, 1.807) is 0 Å². The Labute approximate surface area is 133 Å². The Kier molecular flexibility index (Phi) is 7.36. The summed E-state index contributed by atoms with van der Waals surface area (Å²) >= 11 is 0. The van der Waals surface area contributed by atoms with E-state index in [4.69, 9.17) is 0 Å². The van der Waals surface area contributed by atoms with E-state index in [-0.39, 0.29) is 5.29 Å². The van der Waals surface area contributed by atoms with Gasteiger partial charge in [0.15, 0.2) is 0 Å². The van der Waals surface area contributed by atoms with Crippen LogP contribution in [0, 0.1) is 0 Å². The molecule has 0 aliphatic heterocycles. The minimum absolute atomic E-state index is 0.0755. The molecule has 0 aromatic heterocycles. The Morgan fingerprint density at radius 2 is 1.48 bits per heavy atom. The molecule has 0 heterocycles. The second-order valence-electron chi connectivity index (χ2n) is 5.28. The fourth-order valence-electron chi connectivity index (χ4n) is 3.08. The van der Waals surface area contributed by atoms with Crippen molar-refractivity contribution < 1.29 is 0 Å². The summed E-state index contributed by atoms with van der Waals surface area (Å²) in [7, 11) is 0.723. The molecule has 0 amide bonds. The molecule has 2 radical (unpaired) electrons. The van der Waals surface area contributed by atoms with Crippen LogP contribution in [-0.4, -0.2) is 50.8 Å². The average Bonchev–Trinajstić information content (AvgIpc) is 2.50. The van der Waals surface area contributed by atoms with Crippen molar-refractivity contribution in [3.8, 4) is 0 Å². The van der Waals surface area contributed by atoms with Gasteiger partial charge in [-0.15, -0.1) is 0 Å². The molecular formula is C18H30N2Si. The largest absolute Gasteiger partial charge is 0.289 e. The summed E-state index contributed by atoms with van der Waals surface area (Å²) in [5, 5.41) is 1.49. The molecule has 0 aliphatic rings. The lowest BCUT2D eigenvalue weighted by atomic mass is 10.2. The first kappa shape index (κ1) is 18.1. The third-order valence-corrected chi connectivity index (χ3v) is 6.14. The normalized spacial score (nSPS) is 12.1. The zero-order chi connectivity index (χ0) is 15.9. The van der Waals surface area contributed by atoms with Crippen molar-refractivity contribution in [1.29, 1.82) is 0 Å². The first-order valence-corrected chi connectivity index (χ1v) is 9.06. The highest BCUT2D eigenvalue weighted by Gasteiger charge is 2.36. The molecule has 2 nitrogen and oxygen atoms in total. The van der Waals surface area contributed by atoms with E-state index in [0.29, 0.717) is 0 Å². The molecule has 116 valence electrons. The summed E-state index contributed by atoms with van der Waals surface area (Å²) in [6.45, 7) is 19.7. The predicted molar refractivity (Wildman–Crippen MR) is 96.2 cm³/mol. The summed E-state index contributed by atoms with van der Waals surface area (Å²) in [4.78, 5) is 5.16. The van der Waals surface area contributed by atoms with Gasteiger partial charge in [0.2, 0.25) is 0 Å². The third-order valence-electron chi connectivity index (χ3n) is 4.31. The van der Waals surface area contributed by atoms with E-state index < -0.39 is 0 Å². The molecule has 0 N–H and O–H groups in total. The smallest absolute Gasteiger partial charge is 0.128 e. The van der Waals surface area contributed by atoms with Gasteiger partial charge in [-0.1, -0.05) is 69.8 Å². The van der Waals surface area contributed by atoms with Gasteiger partial charge in [-0.25, -0.2) is 0 Å². The van der Waals surface area contributed by atoms with Crippen LogP contribution in [0.5, 0.6) is 0 Å². The maximum absolute atomic E-state index is 3.97. The van der Waals surface area contributed by atoms with Crippen molar-refractivity contribution >= 4 is 20.8 Å². The lowest BCUT2D eigenvalue weighted by molar-refractivity contribution is 0.0313. The van der Waals surface area contributed by atoms with E-state index in [1.165, 1.54) is 10.8 Å². The van der Waals surface area contributed by atoms with Gasteiger partial charge in [-0.2, -0.15) is 0 Å². The molecule has 0 fully saturated rings. The number of hydrogen-bond donors (Lipinski definition) is 0. The van der Waals surface area contributed by atoms with E-state index >= 15 is 0 Å². The maximum atomic E-state index is 3.97. The summed E-state index contributed by atoms with van der Waals surface area (Å²) in [5.41, 5.74) is 1.27. The van der Waals surface area contributed by atoms with E-state index in [1.807, 2.05) is 6.08 Å².